The van der Waals surface area contributed by atoms with E-state index in [0.29, 0.717) is 43.7 Å². The van der Waals surface area contributed by atoms with Gasteiger partial charge in [-0.25, -0.2) is 0 Å². The van der Waals surface area contributed by atoms with E-state index in [1.165, 1.54) is 16.3 Å². The molecule has 1 saturated heterocycles. The van der Waals surface area contributed by atoms with Crippen molar-refractivity contribution < 1.29 is 14.3 Å². The number of aromatic nitrogens is 2. The normalized spacial score (nSPS) is 18.8. The lowest BCUT2D eigenvalue weighted by Crippen LogP contribution is -2.50. The van der Waals surface area contributed by atoms with Gasteiger partial charge in [-0.15, -0.1) is 0 Å². The maximum Gasteiger partial charge on any atom is 0.316 e. The minimum atomic E-state index is -0.461. The van der Waals surface area contributed by atoms with Gasteiger partial charge < -0.3 is 18.9 Å². The Balaban J connectivity index is 1.38. The number of benzene rings is 3. The summed E-state index contributed by atoms with van der Waals surface area (Å²) in [5.74, 6) is 0.882. The minimum absolute atomic E-state index is 0.0625. The van der Waals surface area contributed by atoms with Gasteiger partial charge in [-0.3, -0.25) is 9.59 Å². The molecule has 42 heavy (non-hydrogen) atoms. The van der Waals surface area contributed by atoms with Crippen LogP contribution >= 0.6 is 0 Å². The van der Waals surface area contributed by atoms with Crippen molar-refractivity contribution in [2.45, 2.75) is 63.6 Å². The highest BCUT2D eigenvalue weighted by Crippen LogP contribution is 2.44. The molecule has 0 spiro atoms. The number of nitrogens with zero attached hydrogens (tertiary/aromatic N) is 3. The van der Waals surface area contributed by atoms with Gasteiger partial charge in [-0.05, 0) is 53.5 Å². The number of amides is 1. The number of ether oxygens (including phenoxy) is 2. The topological polar surface area (TPSA) is 73.7 Å². The molecule has 216 valence electrons. The van der Waals surface area contributed by atoms with Crippen LogP contribution in [0.2, 0.25) is 0 Å². The number of rotatable bonds is 7. The molecule has 3 aromatic carbocycles. The minimum Gasteiger partial charge on any atom is -0.481 e. The monoisotopic (exact) mass is 563 g/mol. The average molecular weight is 564 g/mol. The molecule has 0 radical (unpaired) electrons. The predicted molar refractivity (Wildman–Crippen MR) is 162 cm³/mol. The molecule has 1 aliphatic carbocycles. The molecule has 1 saturated carbocycles. The third kappa shape index (κ3) is 5.00. The molecule has 2 fully saturated rings. The molecular weight excluding hydrogens is 526 g/mol. The Bertz CT molecular complexity index is 1630. The Morgan fingerprint density at radius 2 is 1.60 bits per heavy atom. The van der Waals surface area contributed by atoms with Crippen LogP contribution in [0.15, 0.2) is 77.6 Å². The first-order valence-corrected chi connectivity index (χ1v) is 15.4. The summed E-state index contributed by atoms with van der Waals surface area (Å²) in [6.07, 6.45) is 6.08. The van der Waals surface area contributed by atoms with Crippen LogP contribution in [0.3, 0.4) is 0 Å². The zero-order valence-corrected chi connectivity index (χ0v) is 23.9. The SMILES string of the molecule is O=C1c2c(OCc3ccccc3)c(=O)nc(C(c3cccc4ccccc34)C3CCCC3)n2CCN1C1CCOCC1. The zero-order valence-electron chi connectivity index (χ0n) is 23.9. The van der Waals surface area contributed by atoms with Crippen LogP contribution in [0.1, 0.15) is 71.9 Å². The van der Waals surface area contributed by atoms with E-state index in [-0.39, 0.29) is 30.2 Å². The number of carbonyl (C=O) groups excluding carboxylic acids is 1. The first kappa shape index (κ1) is 26.9. The molecule has 0 N–H and O–H groups in total. The first-order valence-electron chi connectivity index (χ1n) is 15.4. The number of hydrogen-bond acceptors (Lipinski definition) is 5. The Kier molecular flexibility index (Phi) is 7.51. The van der Waals surface area contributed by atoms with Crippen molar-refractivity contribution in [2.75, 3.05) is 19.8 Å². The van der Waals surface area contributed by atoms with Crippen molar-refractivity contribution >= 4 is 16.7 Å². The fraction of sp³-hybridized carbons (Fsp3) is 0.400. The Morgan fingerprint density at radius 3 is 2.40 bits per heavy atom. The highest BCUT2D eigenvalue weighted by molar-refractivity contribution is 5.96. The summed E-state index contributed by atoms with van der Waals surface area (Å²) in [5.41, 5.74) is 2.00. The van der Waals surface area contributed by atoms with Gasteiger partial charge in [0.15, 0.2) is 5.69 Å². The van der Waals surface area contributed by atoms with Crippen molar-refractivity contribution in [2.24, 2.45) is 5.92 Å². The average Bonchev–Trinajstić information content (AvgIpc) is 3.57. The standard InChI is InChI=1S/C35H37N3O4/c39-34-32(42-23-24-9-2-1-3-10-24)31-35(40)37(27-17-21-41-22-18-27)19-20-38(31)33(36-34)30(26-12-4-5-13-26)29-16-8-14-25-11-6-7-15-28(25)29/h1-3,6-11,14-16,26-27,30H,4-5,12-13,17-23H2. The number of hydrogen-bond donors (Lipinski definition) is 0. The van der Waals surface area contributed by atoms with E-state index in [4.69, 9.17) is 14.5 Å². The van der Waals surface area contributed by atoms with Crippen LogP contribution in [0.25, 0.3) is 10.8 Å². The molecular formula is C35H37N3O4. The van der Waals surface area contributed by atoms with E-state index in [2.05, 4.69) is 42.5 Å². The molecule has 1 unspecified atom stereocenters. The lowest BCUT2D eigenvalue weighted by atomic mass is 9.81. The van der Waals surface area contributed by atoms with Gasteiger partial charge in [0.2, 0.25) is 5.75 Å². The van der Waals surface area contributed by atoms with Gasteiger partial charge >= 0.3 is 5.56 Å². The Hall–Kier alpha value is -3.97. The molecule has 1 amide bonds. The van der Waals surface area contributed by atoms with Gasteiger partial charge in [-0.1, -0.05) is 85.6 Å². The second-order valence-corrected chi connectivity index (χ2v) is 11.8. The van der Waals surface area contributed by atoms with E-state index in [0.717, 1.165) is 44.1 Å². The van der Waals surface area contributed by atoms with Crippen molar-refractivity contribution in [3.05, 3.63) is 106 Å². The van der Waals surface area contributed by atoms with Crippen LogP contribution in [-0.2, 0) is 17.9 Å². The number of fused-ring (bicyclic) bond motifs is 2. The van der Waals surface area contributed by atoms with E-state index < -0.39 is 5.56 Å². The molecule has 7 rings (SSSR count). The lowest BCUT2D eigenvalue weighted by molar-refractivity contribution is 0.0232. The molecule has 7 nitrogen and oxygen atoms in total. The predicted octanol–water partition coefficient (Wildman–Crippen LogP) is 5.93. The summed E-state index contributed by atoms with van der Waals surface area (Å²) in [6.45, 7) is 2.65. The summed E-state index contributed by atoms with van der Waals surface area (Å²) < 4.78 is 13.8. The summed E-state index contributed by atoms with van der Waals surface area (Å²) in [5, 5.41) is 2.35. The van der Waals surface area contributed by atoms with E-state index in [1.807, 2.05) is 39.8 Å². The highest BCUT2D eigenvalue weighted by atomic mass is 16.5. The maximum absolute atomic E-state index is 14.4. The smallest absolute Gasteiger partial charge is 0.316 e. The summed E-state index contributed by atoms with van der Waals surface area (Å²) in [6, 6.07) is 24.7. The largest absolute Gasteiger partial charge is 0.481 e. The van der Waals surface area contributed by atoms with Gasteiger partial charge in [-0.2, -0.15) is 4.98 Å². The van der Waals surface area contributed by atoms with E-state index in [1.54, 1.807) is 0 Å². The third-order valence-electron chi connectivity index (χ3n) is 9.37. The van der Waals surface area contributed by atoms with Crippen molar-refractivity contribution in [1.82, 2.24) is 14.5 Å². The van der Waals surface area contributed by atoms with Gasteiger partial charge in [0.25, 0.3) is 5.91 Å². The molecule has 4 aromatic rings. The first-order chi connectivity index (χ1) is 20.7. The van der Waals surface area contributed by atoms with Crippen molar-refractivity contribution in [3.63, 3.8) is 0 Å². The van der Waals surface area contributed by atoms with Gasteiger partial charge in [0, 0.05) is 38.3 Å². The molecule has 2 aliphatic heterocycles. The van der Waals surface area contributed by atoms with E-state index in [9.17, 15) is 9.59 Å². The van der Waals surface area contributed by atoms with Crippen molar-refractivity contribution in [3.8, 4) is 5.75 Å². The molecule has 1 atom stereocenters. The molecule has 0 bridgehead atoms. The Morgan fingerprint density at radius 1 is 0.857 bits per heavy atom. The van der Waals surface area contributed by atoms with Crippen LogP contribution in [0.4, 0.5) is 0 Å². The van der Waals surface area contributed by atoms with Crippen LogP contribution in [-0.4, -0.2) is 46.2 Å². The molecule has 1 aromatic heterocycles. The van der Waals surface area contributed by atoms with Gasteiger partial charge in [0.05, 0.1) is 0 Å². The zero-order chi connectivity index (χ0) is 28.5. The van der Waals surface area contributed by atoms with Crippen LogP contribution in [0.5, 0.6) is 5.75 Å². The number of carbonyl (C=O) groups is 1. The van der Waals surface area contributed by atoms with Crippen LogP contribution < -0.4 is 10.3 Å². The second kappa shape index (κ2) is 11.7. The van der Waals surface area contributed by atoms with Crippen LogP contribution in [0, 0.1) is 5.92 Å². The Labute approximate surface area is 246 Å². The summed E-state index contributed by atoms with van der Waals surface area (Å²) in [7, 11) is 0. The molecule has 7 heteroatoms. The summed E-state index contributed by atoms with van der Waals surface area (Å²) in [4.78, 5) is 35.0. The lowest BCUT2D eigenvalue weighted by Gasteiger charge is -2.39. The highest BCUT2D eigenvalue weighted by Gasteiger charge is 2.39. The summed E-state index contributed by atoms with van der Waals surface area (Å²) >= 11 is 0. The fourth-order valence-electron chi connectivity index (χ4n) is 7.30. The third-order valence-corrected chi connectivity index (χ3v) is 9.37. The molecule has 3 aliphatic rings. The van der Waals surface area contributed by atoms with Crippen molar-refractivity contribution in [1.29, 1.82) is 0 Å². The quantitative estimate of drug-likeness (QED) is 0.279. The molecule has 3 heterocycles. The fourth-order valence-corrected chi connectivity index (χ4v) is 7.30. The van der Waals surface area contributed by atoms with Gasteiger partial charge in [0.1, 0.15) is 12.4 Å². The second-order valence-electron chi connectivity index (χ2n) is 11.8. The van der Waals surface area contributed by atoms with E-state index >= 15 is 0 Å². The maximum atomic E-state index is 14.4.